The van der Waals surface area contributed by atoms with E-state index in [0.29, 0.717) is 19.5 Å². The number of hydrogen-bond donors (Lipinski definition) is 0. The molecule has 8 heteroatoms. The van der Waals surface area contributed by atoms with Crippen LogP contribution in [0.1, 0.15) is 85.7 Å². The second kappa shape index (κ2) is 12.0. The van der Waals surface area contributed by atoms with Crippen LogP contribution in [0.25, 0.3) is 0 Å². The summed E-state index contributed by atoms with van der Waals surface area (Å²) in [4.78, 5) is 28.2. The number of rotatable bonds is 7. The van der Waals surface area contributed by atoms with Crippen LogP contribution in [-0.4, -0.2) is 54.7 Å². The zero-order valence-electron chi connectivity index (χ0n) is 22.0. The van der Waals surface area contributed by atoms with Gasteiger partial charge in [-0.1, -0.05) is 62.8 Å². The third kappa shape index (κ3) is 5.96. The summed E-state index contributed by atoms with van der Waals surface area (Å²) in [6, 6.07) is 14.2. The summed E-state index contributed by atoms with van der Waals surface area (Å²) in [7, 11) is -3.69. The van der Waals surface area contributed by atoms with E-state index in [-0.39, 0.29) is 35.1 Å². The van der Waals surface area contributed by atoms with Gasteiger partial charge in [0.15, 0.2) is 6.61 Å². The lowest BCUT2D eigenvalue weighted by molar-refractivity contribution is -0.141. The SMILES string of the molecule is O=C(OCC(=O)N(C1CCCCC1)C1CCCCC1)c1ccc(S(=O)(=O)N2CCc3ccccc3C2)cc1. The monoisotopic (exact) mass is 538 g/mol. The smallest absolute Gasteiger partial charge is 0.338 e. The minimum atomic E-state index is -3.69. The molecule has 1 heterocycles. The Labute approximate surface area is 226 Å². The van der Waals surface area contributed by atoms with Crippen molar-refractivity contribution in [2.45, 2.75) is 94.2 Å². The molecule has 3 aliphatic rings. The summed E-state index contributed by atoms with van der Waals surface area (Å²) >= 11 is 0. The van der Waals surface area contributed by atoms with Crippen LogP contribution in [0, 0.1) is 0 Å². The third-order valence-corrected chi connectivity index (χ3v) is 10.2. The molecule has 0 aromatic heterocycles. The van der Waals surface area contributed by atoms with Gasteiger partial charge in [0.2, 0.25) is 10.0 Å². The van der Waals surface area contributed by atoms with E-state index < -0.39 is 16.0 Å². The highest BCUT2D eigenvalue weighted by Crippen LogP contribution is 2.30. The quantitative estimate of drug-likeness (QED) is 0.459. The van der Waals surface area contributed by atoms with Gasteiger partial charge in [0.05, 0.1) is 10.5 Å². The molecular formula is C30H38N2O5S. The molecule has 1 amide bonds. The third-order valence-electron chi connectivity index (χ3n) is 8.37. The molecule has 0 bridgehead atoms. The van der Waals surface area contributed by atoms with Gasteiger partial charge in [-0.3, -0.25) is 4.79 Å². The van der Waals surface area contributed by atoms with Crippen molar-refractivity contribution < 1.29 is 22.7 Å². The van der Waals surface area contributed by atoms with Crippen molar-refractivity contribution in [2.24, 2.45) is 0 Å². The van der Waals surface area contributed by atoms with E-state index in [1.807, 2.05) is 29.2 Å². The molecule has 2 aliphatic carbocycles. The number of sulfonamides is 1. The topological polar surface area (TPSA) is 84.0 Å². The number of fused-ring (bicyclic) bond motifs is 1. The molecule has 2 aromatic carbocycles. The van der Waals surface area contributed by atoms with Crippen molar-refractivity contribution in [3.05, 3.63) is 65.2 Å². The second-order valence-corrected chi connectivity index (χ2v) is 12.8. The molecule has 38 heavy (non-hydrogen) atoms. The normalized spacial score (nSPS) is 19.5. The molecular weight excluding hydrogens is 500 g/mol. The van der Waals surface area contributed by atoms with Gasteiger partial charge < -0.3 is 9.64 Å². The predicted octanol–water partition coefficient (Wildman–Crippen LogP) is 5.08. The maximum Gasteiger partial charge on any atom is 0.338 e. The van der Waals surface area contributed by atoms with E-state index in [1.54, 1.807) is 0 Å². The summed E-state index contributed by atoms with van der Waals surface area (Å²) in [5, 5.41) is 0. The van der Waals surface area contributed by atoms with Crippen molar-refractivity contribution in [3.63, 3.8) is 0 Å². The lowest BCUT2D eigenvalue weighted by Gasteiger charge is -2.41. The van der Waals surface area contributed by atoms with Crippen LogP contribution in [0.5, 0.6) is 0 Å². The lowest BCUT2D eigenvalue weighted by atomic mass is 9.88. The zero-order valence-corrected chi connectivity index (χ0v) is 22.8. The van der Waals surface area contributed by atoms with Crippen molar-refractivity contribution in [2.75, 3.05) is 13.2 Å². The van der Waals surface area contributed by atoms with Crippen LogP contribution in [0.15, 0.2) is 53.4 Å². The first-order chi connectivity index (χ1) is 18.4. The molecule has 204 valence electrons. The maximum absolute atomic E-state index is 13.3. The Morgan fingerprint density at radius 3 is 2.00 bits per heavy atom. The summed E-state index contributed by atoms with van der Waals surface area (Å²) in [6.45, 7) is 0.478. The van der Waals surface area contributed by atoms with Gasteiger partial charge in [-0.05, 0) is 67.5 Å². The minimum absolute atomic E-state index is 0.110. The lowest BCUT2D eigenvalue weighted by Crippen LogP contribution is -2.50. The number of benzene rings is 2. The Kier molecular flexibility index (Phi) is 8.48. The molecule has 2 aromatic rings. The first-order valence-corrected chi connectivity index (χ1v) is 15.5. The fourth-order valence-electron chi connectivity index (χ4n) is 6.30. The van der Waals surface area contributed by atoms with E-state index in [1.165, 1.54) is 47.0 Å². The zero-order chi connectivity index (χ0) is 26.5. The Morgan fingerprint density at radius 2 is 1.39 bits per heavy atom. The van der Waals surface area contributed by atoms with E-state index >= 15 is 0 Å². The van der Waals surface area contributed by atoms with Crippen LogP contribution in [0.2, 0.25) is 0 Å². The molecule has 2 fully saturated rings. The molecule has 2 saturated carbocycles. The highest BCUT2D eigenvalue weighted by atomic mass is 32.2. The molecule has 7 nitrogen and oxygen atoms in total. The van der Waals surface area contributed by atoms with Crippen molar-refractivity contribution in [1.29, 1.82) is 0 Å². The molecule has 0 N–H and O–H groups in total. The van der Waals surface area contributed by atoms with Crippen molar-refractivity contribution in [1.82, 2.24) is 9.21 Å². The van der Waals surface area contributed by atoms with E-state index in [4.69, 9.17) is 4.74 Å². The second-order valence-electron chi connectivity index (χ2n) is 10.8. The average Bonchev–Trinajstić information content (AvgIpc) is 2.97. The number of carbonyl (C=O) groups is 2. The summed E-state index contributed by atoms with van der Waals surface area (Å²) < 4.78 is 33.4. The van der Waals surface area contributed by atoms with Gasteiger partial charge in [0.25, 0.3) is 5.91 Å². The standard InChI is InChI=1S/C30H38N2O5S/c33-29(32(26-11-3-1-4-12-26)27-13-5-2-6-14-27)22-37-30(34)24-15-17-28(18-16-24)38(35,36)31-20-19-23-9-7-8-10-25(23)21-31/h7-10,15-18,26-27H,1-6,11-14,19-22H2. The molecule has 0 radical (unpaired) electrons. The summed E-state index contributed by atoms with van der Waals surface area (Å²) in [6.07, 6.45) is 11.8. The maximum atomic E-state index is 13.3. The molecule has 0 unspecified atom stereocenters. The number of hydrogen-bond acceptors (Lipinski definition) is 5. The largest absolute Gasteiger partial charge is 0.452 e. The van der Waals surface area contributed by atoms with E-state index in [0.717, 1.165) is 56.9 Å². The summed E-state index contributed by atoms with van der Waals surface area (Å²) in [5.74, 6) is -0.719. The Hall–Kier alpha value is -2.71. The Balaban J connectivity index is 1.21. The predicted molar refractivity (Wildman–Crippen MR) is 145 cm³/mol. The van der Waals surface area contributed by atoms with E-state index in [9.17, 15) is 18.0 Å². The van der Waals surface area contributed by atoms with Crippen LogP contribution in [0.4, 0.5) is 0 Å². The van der Waals surface area contributed by atoms with Gasteiger partial charge in [-0.25, -0.2) is 13.2 Å². The van der Waals surface area contributed by atoms with Crippen LogP contribution >= 0.6 is 0 Å². The van der Waals surface area contributed by atoms with Crippen LogP contribution in [-0.2, 0) is 32.5 Å². The molecule has 1 aliphatic heterocycles. The Bertz CT molecular complexity index is 1210. The molecule has 0 saturated heterocycles. The number of carbonyl (C=O) groups excluding carboxylic acids is 2. The fraction of sp³-hybridized carbons (Fsp3) is 0.533. The summed E-state index contributed by atoms with van der Waals surface area (Å²) in [5.41, 5.74) is 2.43. The molecule has 0 atom stereocenters. The van der Waals surface area contributed by atoms with Crippen molar-refractivity contribution >= 4 is 21.9 Å². The number of esters is 1. The Morgan fingerprint density at radius 1 is 0.816 bits per heavy atom. The van der Waals surface area contributed by atoms with E-state index in [2.05, 4.69) is 0 Å². The minimum Gasteiger partial charge on any atom is -0.452 e. The number of amides is 1. The van der Waals surface area contributed by atoms with Crippen LogP contribution < -0.4 is 0 Å². The first-order valence-electron chi connectivity index (χ1n) is 14.1. The van der Waals surface area contributed by atoms with Crippen molar-refractivity contribution in [3.8, 4) is 0 Å². The van der Waals surface area contributed by atoms with Gasteiger partial charge in [0, 0.05) is 25.2 Å². The average molecular weight is 539 g/mol. The highest BCUT2D eigenvalue weighted by Gasteiger charge is 2.33. The van der Waals surface area contributed by atoms with Gasteiger partial charge in [-0.15, -0.1) is 0 Å². The molecule has 5 rings (SSSR count). The first kappa shape index (κ1) is 26.9. The fourth-order valence-corrected chi connectivity index (χ4v) is 7.71. The van der Waals surface area contributed by atoms with Crippen LogP contribution in [0.3, 0.4) is 0 Å². The van der Waals surface area contributed by atoms with Gasteiger partial charge in [0.1, 0.15) is 0 Å². The number of nitrogens with zero attached hydrogens (tertiary/aromatic N) is 2. The van der Waals surface area contributed by atoms with Gasteiger partial charge >= 0.3 is 5.97 Å². The number of ether oxygens (including phenoxy) is 1. The highest BCUT2D eigenvalue weighted by molar-refractivity contribution is 7.89. The molecule has 0 spiro atoms. The van der Waals surface area contributed by atoms with Gasteiger partial charge in [-0.2, -0.15) is 4.31 Å².